The van der Waals surface area contributed by atoms with Crippen molar-refractivity contribution in [3.63, 3.8) is 0 Å². The van der Waals surface area contributed by atoms with Crippen molar-refractivity contribution in [3.8, 4) is 17.3 Å². The molecule has 2 fully saturated rings. The molecule has 0 spiro atoms. The molecule has 14 heteroatoms. The zero-order valence-electron chi connectivity index (χ0n) is 22.7. The summed E-state index contributed by atoms with van der Waals surface area (Å²) in [5, 5.41) is 13.3. The summed E-state index contributed by atoms with van der Waals surface area (Å²) in [5.41, 5.74) is 0.629. The Hall–Kier alpha value is -4.30. The first kappa shape index (κ1) is 29.7. The number of hydroxylamine groups is 2. The zero-order chi connectivity index (χ0) is 29.2. The average Bonchev–Trinajstić information content (AvgIpc) is 3.48. The number of aliphatic carboxylic acids is 1. The minimum atomic E-state index is -1.13. The van der Waals surface area contributed by atoms with Crippen molar-refractivity contribution in [2.75, 3.05) is 46.0 Å². The van der Waals surface area contributed by atoms with E-state index in [0.29, 0.717) is 25.2 Å². The van der Waals surface area contributed by atoms with Gasteiger partial charge in [0.1, 0.15) is 17.8 Å². The Bertz CT molecular complexity index is 1210. The van der Waals surface area contributed by atoms with Crippen LogP contribution in [0.25, 0.3) is 11.4 Å². The van der Waals surface area contributed by atoms with Gasteiger partial charge >= 0.3 is 12.1 Å². The van der Waals surface area contributed by atoms with E-state index in [9.17, 15) is 24.3 Å². The molecule has 2 aliphatic heterocycles. The first-order valence-electron chi connectivity index (χ1n) is 13.4. The normalized spacial score (nSPS) is 17.9. The van der Waals surface area contributed by atoms with Crippen LogP contribution in [0.15, 0.2) is 36.4 Å². The molecule has 14 nitrogen and oxygen atoms in total. The van der Waals surface area contributed by atoms with Crippen molar-refractivity contribution in [1.82, 2.24) is 25.2 Å². The minimum absolute atomic E-state index is 0.0338. The Morgan fingerprint density at radius 1 is 1.12 bits per heavy atom. The lowest BCUT2D eigenvalue weighted by Gasteiger charge is -2.35. The smallest absolute Gasteiger partial charge is 0.481 e. The van der Waals surface area contributed by atoms with Crippen molar-refractivity contribution >= 4 is 23.9 Å². The number of benzene rings is 1. The Labute approximate surface area is 236 Å². The van der Waals surface area contributed by atoms with Crippen molar-refractivity contribution in [2.45, 2.75) is 38.3 Å². The molecule has 2 atom stereocenters. The summed E-state index contributed by atoms with van der Waals surface area (Å²) in [6.07, 6.45) is -0.838. The summed E-state index contributed by atoms with van der Waals surface area (Å²) >= 11 is 0. The lowest BCUT2D eigenvalue weighted by atomic mass is 10.1. The van der Waals surface area contributed by atoms with E-state index in [1.54, 1.807) is 19.1 Å². The number of carbonyl (C=O) groups excluding carboxylic acids is 3. The second-order valence-corrected chi connectivity index (χ2v) is 9.37. The van der Waals surface area contributed by atoms with Crippen LogP contribution >= 0.6 is 0 Å². The molecule has 0 unspecified atom stereocenters. The molecule has 2 saturated heterocycles. The third-order valence-corrected chi connectivity index (χ3v) is 6.41. The number of carboxylic acids is 1. The molecule has 2 amide bonds. The molecule has 0 saturated carbocycles. The molecule has 0 aliphatic carbocycles. The third kappa shape index (κ3) is 8.59. The van der Waals surface area contributed by atoms with E-state index in [0.717, 1.165) is 0 Å². The maximum atomic E-state index is 13.4. The van der Waals surface area contributed by atoms with Crippen LogP contribution in [-0.4, -0.2) is 107 Å². The van der Waals surface area contributed by atoms with Crippen molar-refractivity contribution in [1.29, 1.82) is 0 Å². The highest BCUT2D eigenvalue weighted by Gasteiger charge is 2.31. The molecule has 0 radical (unpaired) electrons. The Balaban J connectivity index is 1.49. The van der Waals surface area contributed by atoms with Gasteiger partial charge in [-0.05, 0) is 13.3 Å². The third-order valence-electron chi connectivity index (χ3n) is 6.41. The van der Waals surface area contributed by atoms with E-state index >= 15 is 0 Å². The second kappa shape index (κ2) is 14.4. The minimum Gasteiger partial charge on any atom is -0.481 e. The number of piperazine rings is 1. The van der Waals surface area contributed by atoms with Crippen molar-refractivity contribution in [3.05, 3.63) is 42.1 Å². The second-order valence-electron chi connectivity index (χ2n) is 9.37. The molecule has 1 aromatic carbocycles. The molecule has 2 N–H and O–H groups in total. The topological polar surface area (TPSA) is 170 Å². The standard InChI is InChI=1S/C27H33N5O9/c1-2-39-27(37)41-32-13-11-31(12-14-32)26(36)20(8-9-23(33)34)29-25(35)21-16-22(40-19-10-15-38-17-19)30-24(28-21)18-6-4-3-5-7-18/h3-7,16,19-20H,2,8-15,17H2,1H3,(H,29,35)(H,33,34)/t19-,20+/m1/s1. The van der Waals surface area contributed by atoms with Gasteiger partial charge in [-0.3, -0.25) is 14.4 Å². The Kier molecular flexibility index (Phi) is 10.4. The average molecular weight is 572 g/mol. The summed E-state index contributed by atoms with van der Waals surface area (Å²) in [6.45, 7) is 3.64. The van der Waals surface area contributed by atoms with Gasteiger partial charge in [-0.1, -0.05) is 30.3 Å². The van der Waals surface area contributed by atoms with E-state index < -0.39 is 30.0 Å². The van der Waals surface area contributed by atoms with Gasteiger partial charge in [-0.15, -0.1) is 5.06 Å². The quantitative estimate of drug-likeness (QED) is 0.373. The zero-order valence-corrected chi connectivity index (χ0v) is 22.7. The first-order valence-corrected chi connectivity index (χ1v) is 13.4. The molecule has 4 rings (SSSR count). The lowest BCUT2D eigenvalue weighted by Crippen LogP contribution is -2.55. The van der Waals surface area contributed by atoms with Gasteiger partial charge in [0.05, 0.1) is 32.9 Å². The molecule has 3 heterocycles. The largest absolute Gasteiger partial charge is 0.527 e. The van der Waals surface area contributed by atoms with Crippen LogP contribution in [0.1, 0.15) is 36.7 Å². The maximum absolute atomic E-state index is 13.4. The molecule has 220 valence electrons. The first-order chi connectivity index (χ1) is 19.8. The molecular formula is C27H33N5O9. The number of carboxylic acid groups (broad SMARTS) is 1. The fraction of sp³-hybridized carbons (Fsp3) is 0.481. The number of rotatable bonds is 11. The van der Waals surface area contributed by atoms with Gasteiger partial charge in [0, 0.05) is 37.6 Å². The van der Waals surface area contributed by atoms with Crippen LogP contribution in [0.3, 0.4) is 0 Å². The van der Waals surface area contributed by atoms with Gasteiger partial charge in [0.15, 0.2) is 5.82 Å². The molecule has 2 aliphatic rings. The van der Waals surface area contributed by atoms with Crippen LogP contribution in [0, 0.1) is 0 Å². The maximum Gasteiger partial charge on any atom is 0.527 e. The highest BCUT2D eigenvalue weighted by Crippen LogP contribution is 2.22. The monoisotopic (exact) mass is 571 g/mol. The highest BCUT2D eigenvalue weighted by molar-refractivity contribution is 5.96. The van der Waals surface area contributed by atoms with Crippen molar-refractivity contribution in [2.24, 2.45) is 0 Å². The van der Waals surface area contributed by atoms with E-state index in [2.05, 4.69) is 15.3 Å². The Morgan fingerprint density at radius 2 is 1.88 bits per heavy atom. The molecule has 2 aromatic rings. The van der Waals surface area contributed by atoms with Crippen LogP contribution < -0.4 is 10.1 Å². The summed E-state index contributed by atoms with van der Waals surface area (Å²) < 4.78 is 16.1. The van der Waals surface area contributed by atoms with Gasteiger partial charge in [0.2, 0.25) is 11.8 Å². The number of amides is 2. The number of nitrogens with one attached hydrogen (secondary N) is 1. The summed E-state index contributed by atoms with van der Waals surface area (Å²) in [4.78, 5) is 65.1. The van der Waals surface area contributed by atoms with Gasteiger partial charge < -0.3 is 34.4 Å². The van der Waals surface area contributed by atoms with Crippen LogP contribution in [-0.2, 0) is 23.9 Å². The number of nitrogens with zero attached hydrogens (tertiary/aromatic N) is 4. The SMILES string of the molecule is CCOC(=O)ON1CCN(C(=O)[C@H](CCC(=O)O)NC(=O)c2cc(O[C@@H]3CCOC3)nc(-c3ccccc3)n2)CC1. The molecule has 1 aromatic heterocycles. The number of hydrogen-bond acceptors (Lipinski definition) is 11. The van der Waals surface area contributed by atoms with E-state index in [1.807, 2.05) is 18.2 Å². The number of aromatic nitrogens is 2. The van der Waals surface area contributed by atoms with Crippen LogP contribution in [0.4, 0.5) is 4.79 Å². The number of carbonyl (C=O) groups is 4. The van der Waals surface area contributed by atoms with Crippen molar-refractivity contribution < 1.29 is 43.3 Å². The van der Waals surface area contributed by atoms with Crippen LogP contribution in [0.5, 0.6) is 5.88 Å². The number of hydrogen-bond donors (Lipinski definition) is 2. The Morgan fingerprint density at radius 3 is 2.54 bits per heavy atom. The fourth-order valence-corrected chi connectivity index (χ4v) is 4.32. The summed E-state index contributed by atoms with van der Waals surface area (Å²) in [6, 6.07) is 9.33. The summed E-state index contributed by atoms with van der Waals surface area (Å²) in [5.74, 6) is -1.78. The molecule has 41 heavy (non-hydrogen) atoms. The highest BCUT2D eigenvalue weighted by atomic mass is 16.8. The van der Waals surface area contributed by atoms with E-state index in [-0.39, 0.29) is 69.1 Å². The predicted octanol–water partition coefficient (Wildman–Crippen LogP) is 1.51. The predicted molar refractivity (Wildman–Crippen MR) is 142 cm³/mol. The van der Waals surface area contributed by atoms with E-state index in [1.165, 1.54) is 16.0 Å². The summed E-state index contributed by atoms with van der Waals surface area (Å²) in [7, 11) is 0. The molecule has 0 bridgehead atoms. The van der Waals surface area contributed by atoms with Gasteiger partial charge in [0.25, 0.3) is 5.91 Å². The van der Waals surface area contributed by atoms with Gasteiger partial charge in [-0.25, -0.2) is 9.78 Å². The fourth-order valence-electron chi connectivity index (χ4n) is 4.32. The number of ether oxygens (including phenoxy) is 3. The molecular weight excluding hydrogens is 538 g/mol. The lowest BCUT2D eigenvalue weighted by molar-refractivity contribution is -0.157. The van der Waals surface area contributed by atoms with Crippen LogP contribution in [0.2, 0.25) is 0 Å². The van der Waals surface area contributed by atoms with Gasteiger partial charge in [-0.2, -0.15) is 4.98 Å². The van der Waals surface area contributed by atoms with E-state index in [4.69, 9.17) is 19.0 Å².